The van der Waals surface area contributed by atoms with E-state index in [-0.39, 0.29) is 24.4 Å². The van der Waals surface area contributed by atoms with Crippen LogP contribution in [0, 0.1) is 20.8 Å². The number of benzene rings is 2. The third-order valence-corrected chi connectivity index (χ3v) is 8.01. The summed E-state index contributed by atoms with van der Waals surface area (Å²) >= 11 is 1.31. The van der Waals surface area contributed by atoms with E-state index in [1.807, 2.05) is 51.1 Å². The van der Waals surface area contributed by atoms with E-state index in [1.54, 1.807) is 23.1 Å². The summed E-state index contributed by atoms with van der Waals surface area (Å²) in [5, 5.41) is 3.65. The normalized spacial score (nSPS) is 15.3. The number of nitrogens with zero attached hydrogens (tertiary/aromatic N) is 3. The van der Waals surface area contributed by atoms with Crippen molar-refractivity contribution in [2.24, 2.45) is 0 Å². The lowest BCUT2D eigenvalue weighted by Gasteiger charge is -2.40. The van der Waals surface area contributed by atoms with Crippen LogP contribution in [0.5, 0.6) is 11.5 Å². The summed E-state index contributed by atoms with van der Waals surface area (Å²) < 4.78 is 10.9. The summed E-state index contributed by atoms with van der Waals surface area (Å²) in [6.07, 6.45) is 2.95. The van der Waals surface area contributed by atoms with Gasteiger partial charge >= 0.3 is 0 Å². The largest absolute Gasteiger partial charge is 0.454 e. The third kappa shape index (κ3) is 5.48. The standard InChI is InChI=1S/C29H32N4O4S/c1-19-8-4-5-9-22(19)16-33(26(34)17-38-28-30-20(2)14-21(3)31-28)29(12-6-7-13-29)27(35)32-23-10-11-24-25(15-23)37-18-36-24/h4-5,8-11,14-15H,6-7,12-13,16-18H2,1-3H3,(H,32,35). The first-order valence-corrected chi connectivity index (χ1v) is 13.8. The molecule has 5 rings (SSSR count). The van der Waals surface area contributed by atoms with Gasteiger partial charge < -0.3 is 19.7 Å². The lowest BCUT2D eigenvalue weighted by Crippen LogP contribution is -2.57. The summed E-state index contributed by atoms with van der Waals surface area (Å²) in [6, 6.07) is 15.3. The zero-order valence-electron chi connectivity index (χ0n) is 22.0. The van der Waals surface area contributed by atoms with E-state index in [0.29, 0.717) is 41.7 Å². The van der Waals surface area contributed by atoms with E-state index in [9.17, 15) is 9.59 Å². The first kappa shape index (κ1) is 26.0. The molecule has 0 radical (unpaired) electrons. The van der Waals surface area contributed by atoms with E-state index in [2.05, 4.69) is 15.3 Å². The summed E-state index contributed by atoms with van der Waals surface area (Å²) in [7, 11) is 0. The number of aryl methyl sites for hydroxylation is 3. The van der Waals surface area contributed by atoms with Crippen molar-refractivity contribution in [2.75, 3.05) is 17.9 Å². The third-order valence-electron chi connectivity index (χ3n) is 7.18. The van der Waals surface area contributed by atoms with Gasteiger partial charge in [0.2, 0.25) is 18.6 Å². The maximum absolute atomic E-state index is 14.0. The van der Waals surface area contributed by atoms with Crippen molar-refractivity contribution in [3.63, 3.8) is 0 Å². The number of carbonyl (C=O) groups excluding carboxylic acids is 2. The molecule has 1 aromatic heterocycles. The van der Waals surface area contributed by atoms with Gasteiger partial charge in [0.25, 0.3) is 0 Å². The first-order chi connectivity index (χ1) is 18.3. The van der Waals surface area contributed by atoms with E-state index in [0.717, 1.165) is 35.4 Å². The fourth-order valence-electron chi connectivity index (χ4n) is 5.20. The second-order valence-corrected chi connectivity index (χ2v) is 10.8. The Hall–Kier alpha value is -3.59. The van der Waals surface area contributed by atoms with Crippen molar-refractivity contribution in [1.82, 2.24) is 14.9 Å². The van der Waals surface area contributed by atoms with Gasteiger partial charge in [0.1, 0.15) is 5.54 Å². The molecule has 3 aromatic rings. The predicted octanol–water partition coefficient (Wildman–Crippen LogP) is 5.20. The second kappa shape index (κ2) is 11.0. The predicted molar refractivity (Wildman–Crippen MR) is 146 cm³/mol. The Morgan fingerprint density at radius 3 is 2.42 bits per heavy atom. The molecule has 2 amide bonds. The van der Waals surface area contributed by atoms with Gasteiger partial charge in [0, 0.05) is 29.7 Å². The first-order valence-electron chi connectivity index (χ1n) is 12.9. The summed E-state index contributed by atoms with van der Waals surface area (Å²) in [5.41, 5.74) is 3.49. The van der Waals surface area contributed by atoms with Gasteiger partial charge in [-0.25, -0.2) is 9.97 Å². The minimum absolute atomic E-state index is 0.108. The van der Waals surface area contributed by atoms with Crippen molar-refractivity contribution < 1.29 is 19.1 Å². The van der Waals surface area contributed by atoms with Crippen molar-refractivity contribution in [1.29, 1.82) is 0 Å². The fraction of sp³-hybridized carbons (Fsp3) is 0.379. The van der Waals surface area contributed by atoms with Gasteiger partial charge in [-0.15, -0.1) is 0 Å². The highest BCUT2D eigenvalue weighted by atomic mass is 32.2. The molecule has 0 saturated heterocycles. The van der Waals surface area contributed by atoms with Gasteiger partial charge in [-0.3, -0.25) is 9.59 Å². The number of hydrogen-bond acceptors (Lipinski definition) is 7. The molecule has 1 saturated carbocycles. The zero-order valence-corrected chi connectivity index (χ0v) is 22.8. The van der Waals surface area contributed by atoms with Crippen LogP contribution in [-0.2, 0) is 16.1 Å². The lowest BCUT2D eigenvalue weighted by molar-refractivity contribution is -0.144. The maximum Gasteiger partial charge on any atom is 0.250 e. The summed E-state index contributed by atoms with van der Waals surface area (Å²) in [4.78, 5) is 38.7. The molecular formula is C29H32N4O4S. The topological polar surface area (TPSA) is 93.7 Å². The maximum atomic E-state index is 14.0. The average molecular weight is 533 g/mol. The van der Waals surface area contributed by atoms with Crippen LogP contribution < -0.4 is 14.8 Å². The molecule has 0 bridgehead atoms. The van der Waals surface area contributed by atoms with Gasteiger partial charge in [-0.05, 0) is 62.9 Å². The van der Waals surface area contributed by atoms with Crippen LogP contribution in [-0.4, -0.2) is 44.8 Å². The number of thioether (sulfide) groups is 1. The summed E-state index contributed by atoms with van der Waals surface area (Å²) in [6.45, 7) is 6.38. The molecule has 2 aliphatic rings. The number of ether oxygens (including phenoxy) is 2. The van der Waals surface area contributed by atoms with E-state index < -0.39 is 5.54 Å². The molecule has 9 heteroatoms. The molecular weight excluding hydrogens is 500 g/mol. The SMILES string of the molecule is Cc1cc(C)nc(SCC(=O)N(Cc2ccccc2C)C2(C(=O)Nc3ccc4c(c3)OCO4)CCCC2)n1. The molecule has 2 heterocycles. The number of carbonyl (C=O) groups is 2. The Labute approximate surface area is 227 Å². The molecule has 198 valence electrons. The number of aromatic nitrogens is 2. The molecule has 0 atom stereocenters. The summed E-state index contributed by atoms with van der Waals surface area (Å²) in [5.74, 6) is 1.11. The Morgan fingerprint density at radius 1 is 0.974 bits per heavy atom. The Kier molecular flexibility index (Phi) is 7.56. The monoisotopic (exact) mass is 532 g/mol. The van der Waals surface area contributed by atoms with Crippen LogP contribution in [0.15, 0.2) is 53.7 Å². The Bertz CT molecular complexity index is 1340. The van der Waals surface area contributed by atoms with Gasteiger partial charge in [-0.2, -0.15) is 0 Å². The molecule has 8 nitrogen and oxygen atoms in total. The van der Waals surface area contributed by atoms with Crippen LogP contribution in [0.2, 0.25) is 0 Å². The second-order valence-electron chi connectivity index (χ2n) is 9.89. The molecule has 2 aromatic carbocycles. The minimum atomic E-state index is -0.959. The molecule has 0 spiro atoms. The number of nitrogens with one attached hydrogen (secondary N) is 1. The molecule has 1 aliphatic heterocycles. The smallest absolute Gasteiger partial charge is 0.250 e. The van der Waals surface area contributed by atoms with Crippen molar-refractivity contribution in [3.05, 3.63) is 71.0 Å². The highest BCUT2D eigenvalue weighted by Crippen LogP contribution is 2.40. The number of fused-ring (bicyclic) bond motifs is 1. The number of hydrogen-bond donors (Lipinski definition) is 1. The van der Waals surface area contributed by atoms with Crippen LogP contribution >= 0.6 is 11.8 Å². The Morgan fingerprint density at radius 2 is 1.68 bits per heavy atom. The van der Waals surface area contributed by atoms with Crippen molar-refractivity contribution >= 4 is 29.3 Å². The molecule has 0 unspecified atom stereocenters. The minimum Gasteiger partial charge on any atom is -0.454 e. The fourth-order valence-corrected chi connectivity index (χ4v) is 6.03. The average Bonchev–Trinajstić information content (AvgIpc) is 3.56. The van der Waals surface area contributed by atoms with E-state index in [4.69, 9.17) is 9.47 Å². The van der Waals surface area contributed by atoms with E-state index in [1.165, 1.54) is 11.8 Å². The number of amides is 2. The molecule has 1 aliphatic carbocycles. The van der Waals surface area contributed by atoms with Crippen LogP contribution in [0.25, 0.3) is 0 Å². The molecule has 1 fully saturated rings. The quantitative estimate of drug-likeness (QED) is 0.315. The zero-order chi connectivity index (χ0) is 26.7. The Balaban J connectivity index is 1.43. The van der Waals surface area contributed by atoms with Gasteiger partial charge in [0.05, 0.1) is 5.75 Å². The van der Waals surface area contributed by atoms with E-state index >= 15 is 0 Å². The highest BCUT2D eigenvalue weighted by molar-refractivity contribution is 7.99. The van der Waals surface area contributed by atoms with Crippen LogP contribution in [0.4, 0.5) is 5.69 Å². The van der Waals surface area contributed by atoms with Crippen LogP contribution in [0.3, 0.4) is 0 Å². The van der Waals surface area contributed by atoms with Crippen molar-refractivity contribution in [2.45, 2.75) is 63.7 Å². The van der Waals surface area contributed by atoms with Crippen molar-refractivity contribution in [3.8, 4) is 11.5 Å². The molecule has 38 heavy (non-hydrogen) atoms. The molecule has 1 N–H and O–H groups in total. The van der Waals surface area contributed by atoms with Gasteiger partial charge in [-0.1, -0.05) is 48.9 Å². The number of rotatable bonds is 8. The lowest BCUT2D eigenvalue weighted by atomic mass is 9.92. The van der Waals surface area contributed by atoms with Gasteiger partial charge in [0.15, 0.2) is 16.7 Å². The van der Waals surface area contributed by atoms with Crippen LogP contribution in [0.1, 0.15) is 48.2 Å². The number of anilines is 1. The highest BCUT2D eigenvalue weighted by Gasteiger charge is 2.48.